The number of hydrogen-bond donors (Lipinski definition) is 1. The maximum Gasteiger partial charge on any atom is 0.258 e. The molecule has 0 radical (unpaired) electrons. The van der Waals surface area contributed by atoms with Crippen LogP contribution in [0, 0.1) is 0 Å². The Kier molecular flexibility index (Phi) is 4.92. The summed E-state index contributed by atoms with van der Waals surface area (Å²) in [5.41, 5.74) is 0.203. The van der Waals surface area contributed by atoms with Crippen LogP contribution in [0.25, 0.3) is 0 Å². The van der Waals surface area contributed by atoms with Crippen LogP contribution in [0.15, 0.2) is 24.3 Å². The van der Waals surface area contributed by atoms with Crippen molar-refractivity contribution in [1.29, 1.82) is 0 Å². The highest BCUT2D eigenvalue weighted by Crippen LogP contribution is 2.25. The number of likely N-dealkylation sites (tertiary alicyclic amines) is 1. The highest BCUT2D eigenvalue weighted by molar-refractivity contribution is 6.00. The highest BCUT2D eigenvalue weighted by Gasteiger charge is 2.39. The van der Waals surface area contributed by atoms with Gasteiger partial charge in [-0.15, -0.1) is 0 Å². The van der Waals surface area contributed by atoms with Crippen LogP contribution < -0.4 is 0 Å². The van der Waals surface area contributed by atoms with Crippen molar-refractivity contribution in [1.82, 2.24) is 14.7 Å². The Hall–Kier alpha value is -2.57. The molecule has 134 valence electrons. The second kappa shape index (κ2) is 7.13. The lowest BCUT2D eigenvalue weighted by Gasteiger charge is -2.36. The van der Waals surface area contributed by atoms with Crippen LogP contribution in [0.2, 0.25) is 0 Å². The molecule has 0 saturated carbocycles. The van der Waals surface area contributed by atoms with Gasteiger partial charge in [-0.25, -0.2) is 0 Å². The van der Waals surface area contributed by atoms with Gasteiger partial charge in [0.1, 0.15) is 11.8 Å². The number of nitrogens with zero attached hydrogens (tertiary/aromatic N) is 3. The van der Waals surface area contributed by atoms with Gasteiger partial charge in [0.05, 0.1) is 12.1 Å². The van der Waals surface area contributed by atoms with Crippen molar-refractivity contribution in [2.24, 2.45) is 0 Å². The molecule has 2 aliphatic rings. The van der Waals surface area contributed by atoms with E-state index in [0.717, 1.165) is 6.42 Å². The molecule has 3 rings (SSSR count). The summed E-state index contributed by atoms with van der Waals surface area (Å²) in [5, 5.41) is 9.91. The van der Waals surface area contributed by atoms with Crippen LogP contribution >= 0.6 is 0 Å². The average Bonchev–Trinajstić information content (AvgIpc) is 3.10. The Morgan fingerprint density at radius 1 is 1.20 bits per heavy atom. The van der Waals surface area contributed by atoms with E-state index in [-0.39, 0.29) is 35.6 Å². The number of rotatable bonds is 3. The number of carbonyl (C=O) groups excluding carboxylic acids is 3. The third-order valence-electron chi connectivity index (χ3n) is 4.95. The van der Waals surface area contributed by atoms with Gasteiger partial charge in [-0.1, -0.05) is 12.1 Å². The fourth-order valence-electron chi connectivity index (χ4n) is 3.52. The number of para-hydroxylation sites is 1. The van der Waals surface area contributed by atoms with Crippen LogP contribution in [-0.2, 0) is 9.59 Å². The number of phenolic OH excluding ortho intramolecular Hbond substituents is 1. The zero-order valence-electron chi connectivity index (χ0n) is 14.4. The third kappa shape index (κ3) is 3.31. The summed E-state index contributed by atoms with van der Waals surface area (Å²) in [6, 6.07) is 5.79. The van der Waals surface area contributed by atoms with E-state index in [2.05, 4.69) is 0 Å². The smallest absolute Gasteiger partial charge is 0.258 e. The molecule has 1 N–H and O–H groups in total. The molecule has 2 aliphatic heterocycles. The maximum absolute atomic E-state index is 12.9. The third-order valence-corrected chi connectivity index (χ3v) is 4.95. The molecule has 25 heavy (non-hydrogen) atoms. The quantitative estimate of drug-likeness (QED) is 0.874. The summed E-state index contributed by atoms with van der Waals surface area (Å²) >= 11 is 0. The van der Waals surface area contributed by atoms with Crippen molar-refractivity contribution >= 4 is 17.7 Å². The number of phenols is 1. The van der Waals surface area contributed by atoms with Crippen LogP contribution in [0.5, 0.6) is 5.75 Å². The second-order valence-electron chi connectivity index (χ2n) is 6.41. The lowest BCUT2D eigenvalue weighted by molar-refractivity contribution is -0.147. The number of benzene rings is 1. The minimum atomic E-state index is -0.562. The zero-order valence-corrected chi connectivity index (χ0v) is 14.4. The first kappa shape index (κ1) is 17.3. The van der Waals surface area contributed by atoms with Crippen LogP contribution in [-0.4, -0.2) is 76.3 Å². The molecule has 0 bridgehead atoms. The van der Waals surface area contributed by atoms with E-state index >= 15 is 0 Å². The first-order chi connectivity index (χ1) is 12.0. The number of hydrogen-bond acceptors (Lipinski definition) is 4. The van der Waals surface area contributed by atoms with E-state index < -0.39 is 6.04 Å². The monoisotopic (exact) mass is 345 g/mol. The molecule has 7 heteroatoms. The SMILES string of the molecule is CCN1CCN(C(=O)C2CCCN2C(=O)c2ccccc2O)CC1=O. The van der Waals surface area contributed by atoms with Gasteiger partial charge in [0.25, 0.3) is 5.91 Å². The van der Waals surface area contributed by atoms with Crippen molar-refractivity contribution in [2.75, 3.05) is 32.7 Å². The largest absolute Gasteiger partial charge is 0.507 e. The van der Waals surface area contributed by atoms with Crippen molar-refractivity contribution in [3.8, 4) is 5.75 Å². The number of carbonyl (C=O) groups is 3. The predicted molar refractivity (Wildman–Crippen MR) is 91.0 cm³/mol. The molecule has 0 aromatic heterocycles. The van der Waals surface area contributed by atoms with Gasteiger partial charge >= 0.3 is 0 Å². The van der Waals surface area contributed by atoms with Crippen molar-refractivity contribution in [3.63, 3.8) is 0 Å². The fraction of sp³-hybridized carbons (Fsp3) is 0.500. The van der Waals surface area contributed by atoms with Gasteiger partial charge in [-0.2, -0.15) is 0 Å². The zero-order chi connectivity index (χ0) is 18.0. The van der Waals surface area contributed by atoms with Gasteiger partial charge < -0.3 is 19.8 Å². The Balaban J connectivity index is 1.73. The summed E-state index contributed by atoms with van der Waals surface area (Å²) in [5.74, 6) is -0.658. The second-order valence-corrected chi connectivity index (χ2v) is 6.41. The van der Waals surface area contributed by atoms with E-state index in [1.54, 1.807) is 28.0 Å². The van der Waals surface area contributed by atoms with E-state index in [4.69, 9.17) is 0 Å². The van der Waals surface area contributed by atoms with Crippen LogP contribution in [0.3, 0.4) is 0 Å². The molecular formula is C18H23N3O4. The van der Waals surface area contributed by atoms with E-state index in [9.17, 15) is 19.5 Å². The summed E-state index contributed by atoms with van der Waals surface area (Å²) in [7, 11) is 0. The number of aromatic hydroxyl groups is 1. The molecule has 1 unspecified atom stereocenters. The topological polar surface area (TPSA) is 81.2 Å². The Morgan fingerprint density at radius 2 is 1.96 bits per heavy atom. The first-order valence-electron chi connectivity index (χ1n) is 8.68. The maximum atomic E-state index is 12.9. The summed E-state index contributed by atoms with van der Waals surface area (Å²) in [6.45, 7) is 4.13. The number of piperazine rings is 1. The minimum absolute atomic E-state index is 0.0568. The number of amides is 3. The fourth-order valence-corrected chi connectivity index (χ4v) is 3.52. The average molecular weight is 345 g/mol. The predicted octanol–water partition coefficient (Wildman–Crippen LogP) is 0.687. The molecular weight excluding hydrogens is 322 g/mol. The standard InChI is InChI=1S/C18H23N3O4/c1-2-19-10-11-20(12-16(19)23)18(25)14-7-5-9-21(14)17(24)13-6-3-4-8-15(13)22/h3-4,6,8,14,22H,2,5,7,9-12H2,1H3. The summed E-state index contributed by atoms with van der Waals surface area (Å²) < 4.78 is 0. The molecule has 3 amide bonds. The molecule has 0 aliphatic carbocycles. The summed E-state index contributed by atoms with van der Waals surface area (Å²) in [6.07, 6.45) is 1.32. The van der Waals surface area contributed by atoms with Crippen LogP contribution in [0.4, 0.5) is 0 Å². The van der Waals surface area contributed by atoms with Gasteiger partial charge in [0.2, 0.25) is 11.8 Å². The molecule has 7 nitrogen and oxygen atoms in total. The van der Waals surface area contributed by atoms with Crippen molar-refractivity contribution in [3.05, 3.63) is 29.8 Å². The van der Waals surface area contributed by atoms with Crippen molar-refractivity contribution < 1.29 is 19.5 Å². The number of likely N-dealkylation sites (N-methyl/N-ethyl adjacent to an activating group) is 1. The van der Waals surface area contributed by atoms with Crippen molar-refractivity contribution in [2.45, 2.75) is 25.8 Å². The summed E-state index contributed by atoms with van der Waals surface area (Å²) in [4.78, 5) is 42.5. The van der Waals surface area contributed by atoms with Gasteiger partial charge in [-0.3, -0.25) is 14.4 Å². The molecule has 1 aromatic rings. The van der Waals surface area contributed by atoms with E-state index in [1.807, 2.05) is 6.92 Å². The normalized spacial score (nSPS) is 20.9. The van der Waals surface area contributed by atoms with Gasteiger partial charge in [-0.05, 0) is 31.9 Å². The molecule has 1 atom stereocenters. The Morgan fingerprint density at radius 3 is 2.64 bits per heavy atom. The molecule has 2 saturated heterocycles. The molecule has 1 aromatic carbocycles. The van der Waals surface area contributed by atoms with E-state index in [1.165, 1.54) is 11.0 Å². The molecule has 2 heterocycles. The lowest BCUT2D eigenvalue weighted by atomic mass is 10.1. The minimum Gasteiger partial charge on any atom is -0.507 e. The van der Waals surface area contributed by atoms with Crippen LogP contribution in [0.1, 0.15) is 30.1 Å². The Bertz CT molecular complexity index is 691. The first-order valence-corrected chi connectivity index (χ1v) is 8.68. The molecule has 0 spiro atoms. The van der Waals surface area contributed by atoms with Gasteiger partial charge in [0.15, 0.2) is 0 Å². The highest BCUT2D eigenvalue weighted by atomic mass is 16.3. The Labute approximate surface area is 146 Å². The van der Waals surface area contributed by atoms with E-state index in [0.29, 0.717) is 32.6 Å². The lowest BCUT2D eigenvalue weighted by Crippen LogP contribution is -2.56. The molecule has 2 fully saturated rings. The van der Waals surface area contributed by atoms with Gasteiger partial charge in [0, 0.05) is 26.2 Å².